The Kier molecular flexibility index (Phi) is 3.63. The predicted molar refractivity (Wildman–Crippen MR) is 68.1 cm³/mol. The van der Waals surface area contributed by atoms with Crippen molar-refractivity contribution in [3.05, 3.63) is 47.8 Å². The van der Waals surface area contributed by atoms with Gasteiger partial charge in [-0.15, -0.1) is 0 Å². The van der Waals surface area contributed by atoms with Gasteiger partial charge < -0.3 is 4.74 Å². The van der Waals surface area contributed by atoms with Crippen molar-refractivity contribution in [2.24, 2.45) is 0 Å². The second-order valence-corrected chi connectivity index (χ2v) is 4.35. The quantitative estimate of drug-likeness (QED) is 0.827. The van der Waals surface area contributed by atoms with Crippen molar-refractivity contribution in [2.75, 3.05) is 0 Å². The Morgan fingerprint density at radius 1 is 1.33 bits per heavy atom. The molecule has 0 radical (unpaired) electrons. The van der Waals surface area contributed by atoms with E-state index in [1.165, 1.54) is 0 Å². The largest absolute Gasteiger partial charge is 0.486 e. The van der Waals surface area contributed by atoms with Crippen molar-refractivity contribution in [1.82, 2.24) is 9.78 Å². The van der Waals surface area contributed by atoms with E-state index in [4.69, 9.17) is 10.00 Å². The van der Waals surface area contributed by atoms with E-state index in [9.17, 15) is 0 Å². The summed E-state index contributed by atoms with van der Waals surface area (Å²) in [5.41, 5.74) is 1.69. The first-order chi connectivity index (χ1) is 8.69. The minimum Gasteiger partial charge on any atom is -0.486 e. The fraction of sp³-hybridized carbons (Fsp3) is 0.286. The average molecular weight is 241 g/mol. The summed E-state index contributed by atoms with van der Waals surface area (Å²) in [6.45, 7) is 4.62. The topological polar surface area (TPSA) is 50.8 Å². The Morgan fingerprint density at radius 3 is 2.61 bits per heavy atom. The number of aromatic nitrogens is 2. The number of nitriles is 1. The number of nitrogens with zero attached hydrogens (tertiary/aromatic N) is 3. The second-order valence-electron chi connectivity index (χ2n) is 4.35. The van der Waals surface area contributed by atoms with Crippen molar-refractivity contribution >= 4 is 0 Å². The summed E-state index contributed by atoms with van der Waals surface area (Å²) in [6, 6.07) is 9.78. The van der Waals surface area contributed by atoms with Crippen LogP contribution in [-0.4, -0.2) is 9.78 Å². The highest BCUT2D eigenvalue weighted by molar-refractivity contribution is 5.31. The molecule has 0 fully saturated rings. The van der Waals surface area contributed by atoms with Gasteiger partial charge >= 0.3 is 0 Å². The van der Waals surface area contributed by atoms with Gasteiger partial charge in [-0.1, -0.05) is 12.1 Å². The Bertz CT molecular complexity index is 549. The lowest BCUT2D eigenvalue weighted by Gasteiger charge is -2.04. The molecule has 92 valence electrons. The molecule has 0 saturated carbocycles. The third-order valence-corrected chi connectivity index (χ3v) is 2.60. The number of ether oxygens (including phenoxy) is 1. The Morgan fingerprint density at radius 2 is 2.06 bits per heavy atom. The molecular formula is C14H15N3O. The number of hydrogen-bond donors (Lipinski definition) is 0. The molecule has 0 aliphatic heterocycles. The normalized spacial score (nSPS) is 10.3. The number of hydrogen-bond acceptors (Lipinski definition) is 3. The van der Waals surface area contributed by atoms with E-state index in [1.54, 1.807) is 18.3 Å². The van der Waals surface area contributed by atoms with Gasteiger partial charge in [0.2, 0.25) is 0 Å². The fourth-order valence-corrected chi connectivity index (χ4v) is 1.52. The van der Waals surface area contributed by atoms with Crippen LogP contribution < -0.4 is 4.74 Å². The molecule has 18 heavy (non-hydrogen) atoms. The van der Waals surface area contributed by atoms with E-state index >= 15 is 0 Å². The van der Waals surface area contributed by atoms with Crippen molar-refractivity contribution < 1.29 is 4.74 Å². The minimum absolute atomic E-state index is 0.331. The van der Waals surface area contributed by atoms with Crippen LogP contribution in [0.2, 0.25) is 0 Å². The molecule has 0 bridgehead atoms. The average Bonchev–Trinajstić information content (AvgIpc) is 2.86. The summed E-state index contributed by atoms with van der Waals surface area (Å²) in [6.07, 6.45) is 3.60. The lowest BCUT2D eigenvalue weighted by Crippen LogP contribution is -2.00. The summed E-state index contributed by atoms with van der Waals surface area (Å²) in [7, 11) is 0. The van der Waals surface area contributed by atoms with Crippen molar-refractivity contribution in [3.8, 4) is 11.8 Å². The molecule has 4 nitrogen and oxygen atoms in total. The zero-order chi connectivity index (χ0) is 13.0. The highest BCUT2D eigenvalue weighted by atomic mass is 16.5. The lowest BCUT2D eigenvalue weighted by atomic mass is 10.2. The van der Waals surface area contributed by atoms with Crippen LogP contribution in [0.25, 0.3) is 0 Å². The summed E-state index contributed by atoms with van der Waals surface area (Å²) in [4.78, 5) is 0. The van der Waals surface area contributed by atoms with Crippen LogP contribution in [0.4, 0.5) is 0 Å². The Labute approximate surface area is 106 Å². The van der Waals surface area contributed by atoms with Gasteiger partial charge in [0.1, 0.15) is 6.61 Å². The van der Waals surface area contributed by atoms with E-state index < -0.39 is 0 Å². The maximum Gasteiger partial charge on any atom is 0.157 e. The fourth-order valence-electron chi connectivity index (χ4n) is 1.52. The van der Waals surface area contributed by atoms with E-state index in [0.29, 0.717) is 18.2 Å². The van der Waals surface area contributed by atoms with E-state index in [2.05, 4.69) is 25.0 Å². The van der Waals surface area contributed by atoms with Gasteiger partial charge in [-0.3, -0.25) is 4.68 Å². The second kappa shape index (κ2) is 5.37. The van der Waals surface area contributed by atoms with Gasteiger partial charge in [0.05, 0.1) is 24.0 Å². The summed E-state index contributed by atoms with van der Waals surface area (Å²) >= 11 is 0. The summed E-state index contributed by atoms with van der Waals surface area (Å²) < 4.78 is 7.49. The van der Waals surface area contributed by atoms with Crippen molar-refractivity contribution in [1.29, 1.82) is 5.26 Å². The van der Waals surface area contributed by atoms with Gasteiger partial charge in [0.25, 0.3) is 0 Å². The maximum atomic E-state index is 8.70. The smallest absolute Gasteiger partial charge is 0.157 e. The van der Waals surface area contributed by atoms with Gasteiger partial charge in [-0.25, -0.2) is 0 Å². The standard InChI is InChI=1S/C14H15N3O/c1-11(2)17-9-14(8-16-17)18-10-13-5-3-12(7-15)4-6-13/h3-6,8-9,11H,10H2,1-2H3. The molecule has 1 heterocycles. The zero-order valence-electron chi connectivity index (χ0n) is 10.5. The van der Waals surface area contributed by atoms with E-state index in [1.807, 2.05) is 23.0 Å². The maximum absolute atomic E-state index is 8.70. The van der Waals surface area contributed by atoms with Crippen molar-refractivity contribution in [3.63, 3.8) is 0 Å². The molecule has 1 aromatic heterocycles. The SMILES string of the molecule is CC(C)n1cc(OCc2ccc(C#N)cc2)cn1. The van der Waals surface area contributed by atoms with Crippen LogP contribution in [0.3, 0.4) is 0 Å². The third-order valence-electron chi connectivity index (χ3n) is 2.60. The molecule has 2 aromatic rings. The minimum atomic E-state index is 0.331. The van der Waals surface area contributed by atoms with Crippen LogP contribution >= 0.6 is 0 Å². The van der Waals surface area contributed by atoms with Gasteiger partial charge in [-0.05, 0) is 31.5 Å². The molecule has 1 aromatic carbocycles. The molecule has 0 aliphatic rings. The molecule has 0 aliphatic carbocycles. The Hall–Kier alpha value is -2.28. The monoisotopic (exact) mass is 241 g/mol. The number of rotatable bonds is 4. The zero-order valence-corrected chi connectivity index (χ0v) is 10.5. The first-order valence-electron chi connectivity index (χ1n) is 5.85. The van der Waals surface area contributed by atoms with Gasteiger partial charge in [-0.2, -0.15) is 10.4 Å². The molecule has 0 amide bonds. The lowest BCUT2D eigenvalue weighted by molar-refractivity contribution is 0.305. The van der Waals surface area contributed by atoms with Crippen LogP contribution in [0.1, 0.15) is 31.0 Å². The molecule has 4 heteroatoms. The van der Waals surface area contributed by atoms with Crippen LogP contribution in [0.15, 0.2) is 36.7 Å². The molecule has 0 unspecified atom stereocenters. The third kappa shape index (κ3) is 2.89. The summed E-state index contributed by atoms with van der Waals surface area (Å²) in [5, 5.41) is 12.9. The molecule has 0 spiro atoms. The first-order valence-corrected chi connectivity index (χ1v) is 5.85. The van der Waals surface area contributed by atoms with Crippen LogP contribution in [-0.2, 0) is 6.61 Å². The van der Waals surface area contributed by atoms with Crippen LogP contribution in [0.5, 0.6) is 5.75 Å². The Balaban J connectivity index is 1.96. The number of benzene rings is 1. The molecule has 2 rings (SSSR count). The van der Waals surface area contributed by atoms with Crippen LogP contribution in [0, 0.1) is 11.3 Å². The molecular weight excluding hydrogens is 226 g/mol. The summed E-state index contributed by atoms with van der Waals surface area (Å²) in [5.74, 6) is 0.757. The van der Waals surface area contributed by atoms with E-state index in [-0.39, 0.29) is 0 Å². The predicted octanol–water partition coefficient (Wildman–Crippen LogP) is 2.91. The molecule has 0 saturated heterocycles. The highest BCUT2D eigenvalue weighted by Crippen LogP contribution is 2.14. The van der Waals surface area contributed by atoms with E-state index in [0.717, 1.165) is 11.3 Å². The molecule has 0 N–H and O–H groups in total. The highest BCUT2D eigenvalue weighted by Gasteiger charge is 2.02. The van der Waals surface area contributed by atoms with Crippen molar-refractivity contribution in [2.45, 2.75) is 26.5 Å². The molecule has 0 atom stereocenters. The van der Waals surface area contributed by atoms with Gasteiger partial charge in [0, 0.05) is 6.04 Å². The first kappa shape index (κ1) is 12.2. The van der Waals surface area contributed by atoms with Gasteiger partial charge in [0.15, 0.2) is 5.75 Å².